The lowest BCUT2D eigenvalue weighted by molar-refractivity contribution is -0.137. The molecule has 4 rings (SSSR count). The monoisotopic (exact) mass is 461 g/mol. The third kappa shape index (κ3) is 4.21. The van der Waals surface area contributed by atoms with Crippen LogP contribution in [0.2, 0.25) is 5.02 Å². The number of anilines is 2. The minimum atomic E-state index is -1.44. The van der Waals surface area contributed by atoms with Gasteiger partial charge in [-0.3, -0.25) is 14.7 Å². The van der Waals surface area contributed by atoms with Crippen molar-refractivity contribution < 1.29 is 24.5 Å². The molecule has 0 spiro atoms. The van der Waals surface area contributed by atoms with Crippen LogP contribution in [0.5, 0.6) is 0 Å². The van der Waals surface area contributed by atoms with Crippen molar-refractivity contribution in [2.75, 3.05) is 17.2 Å². The van der Waals surface area contributed by atoms with Gasteiger partial charge in [0, 0.05) is 17.3 Å². The summed E-state index contributed by atoms with van der Waals surface area (Å²) in [6.07, 6.45) is -2.68. The van der Waals surface area contributed by atoms with Gasteiger partial charge in [0.15, 0.2) is 29.3 Å². The second-order valence-corrected chi connectivity index (χ2v) is 7.39. The number of imidazole rings is 1. The van der Waals surface area contributed by atoms with Crippen molar-refractivity contribution in [1.82, 2.24) is 24.8 Å². The van der Waals surface area contributed by atoms with Crippen molar-refractivity contribution in [2.24, 2.45) is 0 Å². The number of hydrogen-bond donors (Lipinski definition) is 5. The Morgan fingerprint density at radius 3 is 2.59 bits per heavy atom. The molecule has 2 aromatic heterocycles. The van der Waals surface area contributed by atoms with Crippen molar-refractivity contribution in [3.05, 3.63) is 41.9 Å². The van der Waals surface area contributed by atoms with Gasteiger partial charge in [0.25, 0.3) is 5.91 Å². The lowest BCUT2D eigenvalue weighted by atomic mass is 10.1. The number of nitrogens with one attached hydrogen (secondary N) is 3. The Labute approximate surface area is 186 Å². The van der Waals surface area contributed by atoms with Gasteiger partial charge in [0.05, 0.1) is 6.33 Å². The summed E-state index contributed by atoms with van der Waals surface area (Å²) < 4.78 is 6.97. The number of aliphatic hydroxyl groups is 2. The number of halogens is 1. The minimum absolute atomic E-state index is 0.119. The first-order chi connectivity index (χ1) is 15.4. The number of benzene rings is 1. The van der Waals surface area contributed by atoms with Crippen LogP contribution in [0.3, 0.4) is 0 Å². The summed E-state index contributed by atoms with van der Waals surface area (Å²) in [5.74, 6) is -0.421. The van der Waals surface area contributed by atoms with Crippen LogP contribution >= 0.6 is 11.6 Å². The predicted molar refractivity (Wildman–Crippen MR) is 114 cm³/mol. The number of nitrogens with zero attached hydrogens (tertiary/aromatic N) is 4. The fourth-order valence-corrected chi connectivity index (χ4v) is 3.44. The van der Waals surface area contributed by atoms with E-state index in [0.717, 1.165) is 0 Å². The molecule has 0 aliphatic carbocycles. The Morgan fingerprint density at radius 2 is 1.88 bits per heavy atom. The zero-order valence-electron chi connectivity index (χ0n) is 16.8. The molecule has 32 heavy (non-hydrogen) atoms. The van der Waals surface area contributed by atoms with E-state index in [9.17, 15) is 19.8 Å². The molecule has 1 aliphatic rings. The van der Waals surface area contributed by atoms with Gasteiger partial charge in [-0.15, -0.1) is 0 Å². The number of rotatable bonds is 5. The Bertz CT molecular complexity index is 1140. The number of fused-ring (bicyclic) bond motifs is 1. The van der Waals surface area contributed by atoms with E-state index >= 15 is 0 Å². The number of likely N-dealkylation sites (N-methyl/N-ethyl adjacent to an activating group) is 1. The molecule has 1 saturated heterocycles. The van der Waals surface area contributed by atoms with Crippen LogP contribution < -0.4 is 16.0 Å². The second-order valence-electron chi connectivity index (χ2n) is 6.96. The summed E-state index contributed by atoms with van der Waals surface area (Å²) in [6.45, 7) is 2.07. The van der Waals surface area contributed by atoms with Gasteiger partial charge < -0.3 is 25.6 Å². The second kappa shape index (κ2) is 9.04. The first-order valence-electron chi connectivity index (χ1n) is 9.69. The van der Waals surface area contributed by atoms with E-state index < -0.39 is 36.5 Å². The highest BCUT2D eigenvalue weighted by Gasteiger charge is 2.47. The van der Waals surface area contributed by atoms with Gasteiger partial charge in [-0.05, 0) is 31.2 Å². The van der Waals surface area contributed by atoms with Crippen molar-refractivity contribution >= 4 is 46.2 Å². The SMILES string of the molecule is CCNC(=O)[C@H]1O[C@@H](n2cnc3c(NC(=O)Nc4ccc(Cl)cc4)ncnc32)[C@H](O)[C@@H]1O. The van der Waals surface area contributed by atoms with Crippen LogP contribution in [0.1, 0.15) is 13.2 Å². The smallest absolute Gasteiger partial charge is 0.324 e. The zero-order chi connectivity index (χ0) is 22.8. The zero-order valence-corrected chi connectivity index (χ0v) is 17.5. The Balaban J connectivity index is 1.55. The van der Waals surface area contributed by atoms with Crippen molar-refractivity contribution in [2.45, 2.75) is 31.5 Å². The maximum Gasteiger partial charge on any atom is 0.324 e. The van der Waals surface area contributed by atoms with E-state index in [2.05, 4.69) is 30.9 Å². The van der Waals surface area contributed by atoms with E-state index in [1.807, 2.05) is 0 Å². The molecule has 1 fully saturated rings. The highest BCUT2D eigenvalue weighted by molar-refractivity contribution is 6.30. The number of carbonyl (C=O) groups is 2. The van der Waals surface area contributed by atoms with Crippen LogP contribution in [0, 0.1) is 0 Å². The van der Waals surface area contributed by atoms with E-state index in [0.29, 0.717) is 17.3 Å². The number of carbonyl (C=O) groups excluding carboxylic acids is 2. The third-order valence-electron chi connectivity index (χ3n) is 4.81. The number of ether oxygens (including phenoxy) is 1. The van der Waals surface area contributed by atoms with Gasteiger partial charge in [0.1, 0.15) is 18.5 Å². The largest absolute Gasteiger partial charge is 0.387 e. The number of aliphatic hydroxyl groups excluding tert-OH is 2. The van der Waals surface area contributed by atoms with Gasteiger partial charge in [0.2, 0.25) is 0 Å². The Kier molecular flexibility index (Phi) is 6.19. The summed E-state index contributed by atoms with van der Waals surface area (Å²) >= 11 is 5.84. The van der Waals surface area contributed by atoms with Crippen molar-refractivity contribution in [1.29, 1.82) is 0 Å². The fraction of sp³-hybridized carbons (Fsp3) is 0.316. The number of aromatic nitrogens is 4. The summed E-state index contributed by atoms with van der Waals surface area (Å²) in [5.41, 5.74) is 0.982. The number of amides is 3. The molecule has 5 N–H and O–H groups in total. The minimum Gasteiger partial charge on any atom is -0.387 e. The van der Waals surface area contributed by atoms with Crippen LogP contribution in [-0.2, 0) is 9.53 Å². The Morgan fingerprint density at radius 1 is 1.12 bits per heavy atom. The lowest BCUT2D eigenvalue weighted by Crippen LogP contribution is -2.42. The van der Waals surface area contributed by atoms with Crippen molar-refractivity contribution in [3.8, 4) is 0 Å². The summed E-state index contributed by atoms with van der Waals surface area (Å²) in [6, 6.07) is 5.99. The average molecular weight is 462 g/mol. The van der Waals surface area contributed by atoms with Crippen LogP contribution in [0.25, 0.3) is 11.2 Å². The van der Waals surface area contributed by atoms with Crippen LogP contribution in [-0.4, -0.2) is 66.5 Å². The third-order valence-corrected chi connectivity index (χ3v) is 5.07. The molecular formula is C19H20ClN7O5. The van der Waals surface area contributed by atoms with Gasteiger partial charge in [-0.25, -0.2) is 19.7 Å². The molecule has 0 bridgehead atoms. The average Bonchev–Trinajstić information content (AvgIpc) is 3.32. The van der Waals surface area contributed by atoms with Gasteiger partial charge in [-0.2, -0.15) is 0 Å². The fourth-order valence-electron chi connectivity index (χ4n) is 3.31. The normalized spacial score (nSPS) is 22.6. The predicted octanol–water partition coefficient (Wildman–Crippen LogP) is 0.879. The topological polar surface area (TPSA) is 164 Å². The van der Waals surface area contributed by atoms with Crippen molar-refractivity contribution in [3.63, 3.8) is 0 Å². The van der Waals surface area contributed by atoms with Gasteiger partial charge in [-0.1, -0.05) is 11.6 Å². The van der Waals surface area contributed by atoms with Crippen LogP contribution in [0.15, 0.2) is 36.9 Å². The maximum absolute atomic E-state index is 12.4. The quantitative estimate of drug-likeness (QED) is 0.373. The van der Waals surface area contributed by atoms with Gasteiger partial charge >= 0.3 is 6.03 Å². The summed E-state index contributed by atoms with van der Waals surface area (Å²) in [7, 11) is 0. The molecule has 0 saturated carbocycles. The van der Waals surface area contributed by atoms with E-state index in [1.165, 1.54) is 17.2 Å². The molecule has 1 aromatic carbocycles. The molecular weight excluding hydrogens is 442 g/mol. The molecule has 3 amide bonds. The molecule has 1 aliphatic heterocycles. The standard InChI is InChI=1S/C19H20ClN7O5/c1-2-21-17(30)14-12(28)13(29)18(32-14)27-8-24-11-15(22-7-23-16(11)27)26-19(31)25-10-5-3-9(20)4-6-10/h3-8,12-14,18,28-29H,2H2,1H3,(H,21,30)(H2,22,23,25,26,31)/t12-,13+,14-,18+/m0/s1. The lowest BCUT2D eigenvalue weighted by Gasteiger charge is -2.16. The first-order valence-corrected chi connectivity index (χ1v) is 10.1. The molecule has 13 heteroatoms. The highest BCUT2D eigenvalue weighted by Crippen LogP contribution is 2.32. The summed E-state index contributed by atoms with van der Waals surface area (Å²) in [4.78, 5) is 36.9. The molecule has 0 radical (unpaired) electrons. The highest BCUT2D eigenvalue weighted by atomic mass is 35.5. The molecule has 0 unspecified atom stereocenters. The van der Waals surface area contributed by atoms with E-state index in [4.69, 9.17) is 16.3 Å². The molecule has 168 valence electrons. The first kappa shape index (κ1) is 21.9. The molecule has 3 heterocycles. The molecule has 3 aromatic rings. The van der Waals surface area contributed by atoms with E-state index in [-0.39, 0.29) is 17.0 Å². The maximum atomic E-state index is 12.4. The Hall–Kier alpha value is -3.32. The number of urea groups is 1. The number of hydrogen-bond acceptors (Lipinski definition) is 8. The summed E-state index contributed by atoms with van der Waals surface area (Å²) in [5, 5.41) is 29.0. The van der Waals surface area contributed by atoms with Crippen LogP contribution in [0.4, 0.5) is 16.3 Å². The van der Waals surface area contributed by atoms with E-state index in [1.54, 1.807) is 31.2 Å². The molecule has 12 nitrogen and oxygen atoms in total. The molecule has 4 atom stereocenters.